The molecule has 1 spiro atoms. The lowest BCUT2D eigenvalue weighted by Crippen LogP contribution is -2.43. The van der Waals surface area contributed by atoms with Crippen molar-refractivity contribution in [2.24, 2.45) is 11.3 Å². The highest BCUT2D eigenvalue weighted by molar-refractivity contribution is 7.98. The number of pyridine rings is 2. The summed E-state index contributed by atoms with van der Waals surface area (Å²) >= 11 is 1.44. The zero-order valence-corrected chi connectivity index (χ0v) is 19.4. The molecule has 2 unspecified atom stereocenters. The Balaban J connectivity index is 1.70. The summed E-state index contributed by atoms with van der Waals surface area (Å²) in [5.74, 6) is -2.67. The van der Waals surface area contributed by atoms with Crippen molar-refractivity contribution in [1.82, 2.24) is 9.97 Å². The van der Waals surface area contributed by atoms with Crippen molar-refractivity contribution >= 4 is 29.0 Å². The van der Waals surface area contributed by atoms with Crippen molar-refractivity contribution in [3.63, 3.8) is 0 Å². The zero-order chi connectivity index (χ0) is 24.2. The first-order chi connectivity index (χ1) is 15.4. The molecule has 2 aromatic heterocycles. The van der Waals surface area contributed by atoms with Crippen LogP contribution in [0.4, 0.5) is 33.5 Å². The molecule has 4 nitrogen and oxygen atoms in total. The SMILES string of the molecule is C=C(Nc1ccnc(SC)c1)c1c(N2CCC3(CC3(F)F)C(C)C2)ncc(C(F)(F)F)c1C. The van der Waals surface area contributed by atoms with Crippen molar-refractivity contribution in [2.45, 2.75) is 43.8 Å². The van der Waals surface area contributed by atoms with Gasteiger partial charge in [-0.25, -0.2) is 18.7 Å². The van der Waals surface area contributed by atoms with E-state index in [0.717, 1.165) is 11.2 Å². The second-order valence-electron chi connectivity index (χ2n) is 8.82. The molecule has 178 valence electrons. The first kappa shape index (κ1) is 23.8. The molecule has 0 bridgehead atoms. The second kappa shape index (κ2) is 8.14. The van der Waals surface area contributed by atoms with Crippen LogP contribution in [0, 0.1) is 18.3 Å². The minimum atomic E-state index is -4.58. The van der Waals surface area contributed by atoms with Crippen LogP contribution in [0.15, 0.2) is 36.1 Å². The third-order valence-corrected chi connectivity index (χ3v) is 7.51. The van der Waals surface area contributed by atoms with Gasteiger partial charge < -0.3 is 10.2 Å². The van der Waals surface area contributed by atoms with E-state index in [4.69, 9.17) is 0 Å². The topological polar surface area (TPSA) is 41.1 Å². The van der Waals surface area contributed by atoms with E-state index in [1.807, 2.05) is 6.26 Å². The standard InChI is InChI=1S/C23H25F5N4S/c1-13-11-32(8-6-21(13)12-22(21,24)25)20-19(14(2)17(10-30-20)23(26,27)28)15(3)31-16-5-7-29-18(9-16)33-4/h5,7,9-10,13H,3,6,8,11-12H2,1-2,4H3,(H,29,31). The lowest BCUT2D eigenvalue weighted by atomic mass is 9.82. The Kier molecular flexibility index (Phi) is 5.87. The Morgan fingerprint density at radius 3 is 2.58 bits per heavy atom. The van der Waals surface area contributed by atoms with E-state index >= 15 is 0 Å². The molecule has 33 heavy (non-hydrogen) atoms. The van der Waals surface area contributed by atoms with E-state index in [1.165, 1.54) is 18.7 Å². The molecule has 2 atom stereocenters. The normalized spacial score (nSPS) is 24.1. The van der Waals surface area contributed by atoms with Crippen LogP contribution in [-0.4, -0.2) is 35.2 Å². The van der Waals surface area contributed by atoms with E-state index in [9.17, 15) is 22.0 Å². The minimum absolute atomic E-state index is 0.00571. The Morgan fingerprint density at radius 2 is 2.00 bits per heavy atom. The van der Waals surface area contributed by atoms with Gasteiger partial charge in [0.25, 0.3) is 5.92 Å². The molecule has 0 aromatic carbocycles. The lowest BCUT2D eigenvalue weighted by molar-refractivity contribution is -0.138. The summed E-state index contributed by atoms with van der Waals surface area (Å²) in [6, 6.07) is 3.47. The summed E-state index contributed by atoms with van der Waals surface area (Å²) in [5.41, 5.74) is -0.744. The average molecular weight is 485 g/mol. The fourth-order valence-electron chi connectivity index (χ4n) is 4.84. The molecule has 1 N–H and O–H groups in total. The van der Waals surface area contributed by atoms with Crippen molar-refractivity contribution in [3.8, 4) is 0 Å². The number of hydrogen-bond acceptors (Lipinski definition) is 5. The van der Waals surface area contributed by atoms with Crippen molar-refractivity contribution in [2.75, 3.05) is 29.6 Å². The molecule has 1 saturated carbocycles. The number of nitrogens with zero attached hydrogens (tertiary/aromatic N) is 3. The van der Waals surface area contributed by atoms with E-state index in [1.54, 1.807) is 30.2 Å². The summed E-state index contributed by atoms with van der Waals surface area (Å²) in [5, 5.41) is 3.83. The van der Waals surface area contributed by atoms with Crippen molar-refractivity contribution in [3.05, 3.63) is 47.8 Å². The molecular weight excluding hydrogens is 459 g/mol. The summed E-state index contributed by atoms with van der Waals surface area (Å²) in [4.78, 5) is 10.2. The predicted octanol–water partition coefficient (Wildman–Crippen LogP) is 6.48. The molecule has 4 rings (SSSR count). The van der Waals surface area contributed by atoms with Crippen LogP contribution in [-0.2, 0) is 6.18 Å². The van der Waals surface area contributed by atoms with Crippen LogP contribution in [0.1, 0.15) is 36.5 Å². The number of halogens is 5. The molecular formula is C23H25F5N4S. The first-order valence-corrected chi connectivity index (χ1v) is 11.8. The van der Waals surface area contributed by atoms with Gasteiger partial charge in [0, 0.05) is 54.3 Å². The van der Waals surface area contributed by atoms with Crippen LogP contribution in [0.2, 0.25) is 0 Å². The fraction of sp³-hybridized carbons (Fsp3) is 0.478. The molecule has 1 aliphatic heterocycles. The summed E-state index contributed by atoms with van der Waals surface area (Å²) in [7, 11) is 0. The van der Waals surface area contributed by atoms with Gasteiger partial charge in [0.1, 0.15) is 5.82 Å². The van der Waals surface area contributed by atoms with Crippen LogP contribution in [0.3, 0.4) is 0 Å². The predicted molar refractivity (Wildman–Crippen MR) is 121 cm³/mol. The smallest absolute Gasteiger partial charge is 0.356 e. The Morgan fingerprint density at radius 1 is 1.30 bits per heavy atom. The first-order valence-electron chi connectivity index (χ1n) is 10.6. The van der Waals surface area contributed by atoms with E-state index in [-0.39, 0.29) is 35.6 Å². The van der Waals surface area contributed by atoms with Gasteiger partial charge in [-0.2, -0.15) is 13.2 Å². The summed E-state index contributed by atoms with van der Waals surface area (Å²) in [6.45, 7) is 7.76. The third-order valence-electron chi connectivity index (χ3n) is 6.87. The lowest BCUT2D eigenvalue weighted by Gasteiger charge is -2.39. The number of piperidine rings is 1. The van der Waals surface area contributed by atoms with Crippen molar-refractivity contribution < 1.29 is 22.0 Å². The highest BCUT2D eigenvalue weighted by Crippen LogP contribution is 2.68. The quantitative estimate of drug-likeness (QED) is 0.389. The number of thioether (sulfide) groups is 1. The fourth-order valence-corrected chi connectivity index (χ4v) is 5.25. The minimum Gasteiger partial charge on any atom is -0.356 e. The van der Waals surface area contributed by atoms with Gasteiger partial charge in [-0.05, 0) is 43.2 Å². The van der Waals surface area contributed by atoms with Gasteiger partial charge >= 0.3 is 6.18 Å². The monoisotopic (exact) mass is 484 g/mol. The van der Waals surface area contributed by atoms with Gasteiger partial charge in [-0.1, -0.05) is 13.5 Å². The number of anilines is 2. The van der Waals surface area contributed by atoms with Crippen LogP contribution < -0.4 is 10.2 Å². The molecule has 10 heteroatoms. The number of alkyl halides is 5. The van der Waals surface area contributed by atoms with Crippen LogP contribution in [0.5, 0.6) is 0 Å². The van der Waals surface area contributed by atoms with Crippen molar-refractivity contribution in [1.29, 1.82) is 0 Å². The van der Waals surface area contributed by atoms with E-state index < -0.39 is 23.1 Å². The maximum Gasteiger partial charge on any atom is 0.418 e. The molecule has 0 amide bonds. The molecule has 2 aromatic rings. The summed E-state index contributed by atoms with van der Waals surface area (Å²) < 4.78 is 69.0. The molecule has 1 aliphatic carbocycles. The van der Waals surface area contributed by atoms with Gasteiger partial charge in [-0.15, -0.1) is 11.8 Å². The molecule has 2 aliphatic rings. The van der Waals surface area contributed by atoms with Gasteiger partial charge in [-0.3, -0.25) is 0 Å². The maximum atomic E-state index is 14.0. The third kappa shape index (κ3) is 4.18. The highest BCUT2D eigenvalue weighted by atomic mass is 32.2. The molecule has 1 saturated heterocycles. The molecule has 3 heterocycles. The Bertz CT molecular complexity index is 1090. The van der Waals surface area contributed by atoms with Crippen LogP contribution >= 0.6 is 11.8 Å². The van der Waals surface area contributed by atoms with Gasteiger partial charge in [0.2, 0.25) is 0 Å². The highest BCUT2D eigenvalue weighted by Gasteiger charge is 2.73. The van der Waals surface area contributed by atoms with Crippen LogP contribution in [0.25, 0.3) is 5.70 Å². The van der Waals surface area contributed by atoms with E-state index in [2.05, 4.69) is 21.9 Å². The number of rotatable bonds is 5. The Hall–Kier alpha value is -2.36. The Labute approximate surface area is 193 Å². The average Bonchev–Trinajstić information content (AvgIpc) is 3.30. The number of hydrogen-bond donors (Lipinski definition) is 1. The van der Waals surface area contributed by atoms with Gasteiger partial charge in [0.15, 0.2) is 0 Å². The maximum absolute atomic E-state index is 14.0. The number of nitrogens with one attached hydrogen (secondary N) is 1. The second-order valence-corrected chi connectivity index (χ2v) is 9.64. The van der Waals surface area contributed by atoms with E-state index in [0.29, 0.717) is 24.6 Å². The largest absolute Gasteiger partial charge is 0.418 e. The molecule has 2 fully saturated rings. The summed E-state index contributed by atoms with van der Waals surface area (Å²) in [6.07, 6.45) is -0.156. The number of aromatic nitrogens is 2. The van der Waals surface area contributed by atoms with Gasteiger partial charge in [0.05, 0.1) is 10.6 Å². The zero-order valence-electron chi connectivity index (χ0n) is 18.6. The molecule has 0 radical (unpaired) electrons.